The van der Waals surface area contributed by atoms with Crippen molar-refractivity contribution in [3.05, 3.63) is 95.3 Å². The van der Waals surface area contributed by atoms with Crippen molar-refractivity contribution in [3.63, 3.8) is 0 Å². The Morgan fingerprint density at radius 2 is 1.53 bits per heavy atom. The third kappa shape index (κ3) is 4.65. The number of methoxy groups -OCH3 is 1. The summed E-state index contributed by atoms with van der Waals surface area (Å²) in [5, 5.41) is 1.56. The van der Waals surface area contributed by atoms with Crippen LogP contribution in [0.2, 0.25) is 0 Å². The summed E-state index contributed by atoms with van der Waals surface area (Å²) in [6.07, 6.45) is 0.113. The Morgan fingerprint density at radius 1 is 0.844 bits per heavy atom. The van der Waals surface area contributed by atoms with Gasteiger partial charge in [-0.2, -0.15) is 0 Å². The zero-order chi connectivity index (χ0) is 22.8. The van der Waals surface area contributed by atoms with Crippen LogP contribution in [0, 0.1) is 24.4 Å². The van der Waals surface area contributed by atoms with E-state index in [2.05, 4.69) is 0 Å². The molecule has 0 amide bonds. The molecule has 0 atom stereocenters. The van der Waals surface area contributed by atoms with Gasteiger partial charge >= 0.3 is 5.97 Å². The number of hydrogen-bond acceptors (Lipinski definition) is 3. The molecule has 2 nitrogen and oxygen atoms in total. The molecule has 0 N–H and O–H groups in total. The first-order valence-corrected chi connectivity index (χ1v) is 10.7. The van der Waals surface area contributed by atoms with Gasteiger partial charge in [-0.1, -0.05) is 36.0 Å². The van der Waals surface area contributed by atoms with E-state index < -0.39 is 11.6 Å². The summed E-state index contributed by atoms with van der Waals surface area (Å²) in [5.41, 5.74) is 3.34. The van der Waals surface area contributed by atoms with Crippen LogP contribution in [0.3, 0.4) is 0 Å². The van der Waals surface area contributed by atoms with Gasteiger partial charge in [-0.25, -0.2) is 13.2 Å². The second-order valence-electron chi connectivity index (χ2n) is 7.39. The molecule has 0 saturated heterocycles. The lowest BCUT2D eigenvalue weighted by atomic mass is 9.89. The molecule has 6 heteroatoms. The predicted molar refractivity (Wildman–Crippen MR) is 120 cm³/mol. The Kier molecular flexibility index (Phi) is 6.24. The molecular formula is C26H19F3O2S. The average Bonchev–Trinajstić information content (AvgIpc) is 2.74. The van der Waals surface area contributed by atoms with Crippen LogP contribution < -0.4 is 0 Å². The fourth-order valence-electron chi connectivity index (χ4n) is 3.73. The molecule has 4 rings (SSSR count). The van der Waals surface area contributed by atoms with Crippen molar-refractivity contribution in [1.29, 1.82) is 0 Å². The van der Waals surface area contributed by atoms with Crippen LogP contribution in [0.15, 0.2) is 76.5 Å². The number of ether oxygens (including phenoxy) is 1. The Bertz CT molecular complexity index is 1300. The molecule has 0 radical (unpaired) electrons. The third-order valence-corrected chi connectivity index (χ3v) is 6.23. The van der Waals surface area contributed by atoms with Crippen LogP contribution in [-0.2, 0) is 16.0 Å². The summed E-state index contributed by atoms with van der Waals surface area (Å²) in [6, 6.07) is 17.3. The van der Waals surface area contributed by atoms with E-state index in [1.807, 2.05) is 37.3 Å². The summed E-state index contributed by atoms with van der Waals surface area (Å²) in [7, 11) is 1.34. The Hall–Kier alpha value is -3.25. The van der Waals surface area contributed by atoms with Crippen LogP contribution >= 0.6 is 11.8 Å². The maximum Gasteiger partial charge on any atom is 0.309 e. The largest absolute Gasteiger partial charge is 0.469 e. The van der Waals surface area contributed by atoms with E-state index in [1.54, 1.807) is 6.07 Å². The maximum atomic E-state index is 14.1. The molecule has 4 aromatic rings. The van der Waals surface area contributed by atoms with Crippen LogP contribution in [0.4, 0.5) is 13.2 Å². The van der Waals surface area contributed by atoms with E-state index in [0.29, 0.717) is 4.90 Å². The van der Waals surface area contributed by atoms with Crippen molar-refractivity contribution in [2.24, 2.45) is 0 Å². The van der Waals surface area contributed by atoms with Gasteiger partial charge < -0.3 is 4.74 Å². The van der Waals surface area contributed by atoms with Gasteiger partial charge in [0, 0.05) is 15.9 Å². The fourth-order valence-corrected chi connectivity index (χ4v) is 4.61. The Labute approximate surface area is 188 Å². The predicted octanol–water partition coefficient (Wildman–Crippen LogP) is 7.10. The molecule has 0 aliphatic rings. The number of carbonyl (C=O) groups excluding carboxylic acids is 1. The summed E-state index contributed by atoms with van der Waals surface area (Å²) >= 11 is 1.24. The van der Waals surface area contributed by atoms with Crippen LogP contribution in [0.1, 0.15) is 11.1 Å². The first-order chi connectivity index (χ1) is 15.3. The Balaban J connectivity index is 1.77. The topological polar surface area (TPSA) is 26.3 Å². The van der Waals surface area contributed by atoms with E-state index >= 15 is 0 Å². The number of rotatable bonds is 5. The zero-order valence-corrected chi connectivity index (χ0v) is 18.2. The number of carbonyl (C=O) groups is 1. The lowest BCUT2D eigenvalue weighted by molar-refractivity contribution is -0.139. The van der Waals surface area contributed by atoms with Gasteiger partial charge in [0.25, 0.3) is 0 Å². The SMILES string of the molecule is COC(=O)Cc1cc2ccc(F)cc2c(-c2ccc(Sc3cc(F)cc(F)c3)cc2)c1C. The van der Waals surface area contributed by atoms with Crippen molar-refractivity contribution in [3.8, 4) is 11.1 Å². The van der Waals surface area contributed by atoms with Gasteiger partial charge in [0.2, 0.25) is 0 Å². The number of fused-ring (bicyclic) bond motifs is 1. The molecule has 0 aromatic heterocycles. The maximum absolute atomic E-state index is 14.1. The summed E-state index contributed by atoms with van der Waals surface area (Å²) in [5.74, 6) is -1.96. The highest BCUT2D eigenvalue weighted by Gasteiger charge is 2.15. The molecule has 0 aliphatic heterocycles. The van der Waals surface area contributed by atoms with Crippen LogP contribution in [0.5, 0.6) is 0 Å². The summed E-state index contributed by atoms with van der Waals surface area (Å²) in [4.78, 5) is 13.2. The molecule has 0 heterocycles. The highest BCUT2D eigenvalue weighted by molar-refractivity contribution is 7.99. The number of hydrogen-bond donors (Lipinski definition) is 0. The lowest BCUT2D eigenvalue weighted by Crippen LogP contribution is -2.06. The van der Waals surface area contributed by atoms with Crippen LogP contribution in [0.25, 0.3) is 21.9 Å². The van der Waals surface area contributed by atoms with Gasteiger partial charge in [-0.15, -0.1) is 0 Å². The minimum Gasteiger partial charge on any atom is -0.469 e. The monoisotopic (exact) mass is 452 g/mol. The number of esters is 1. The highest BCUT2D eigenvalue weighted by Crippen LogP contribution is 2.37. The van der Waals surface area contributed by atoms with Crippen molar-refractivity contribution in [2.45, 2.75) is 23.1 Å². The van der Waals surface area contributed by atoms with Crippen molar-refractivity contribution in [1.82, 2.24) is 0 Å². The second-order valence-corrected chi connectivity index (χ2v) is 8.53. The molecular weight excluding hydrogens is 433 g/mol. The van der Waals surface area contributed by atoms with Crippen molar-refractivity contribution in [2.75, 3.05) is 7.11 Å². The molecule has 0 fully saturated rings. The smallest absolute Gasteiger partial charge is 0.309 e. The minimum atomic E-state index is -0.629. The first kappa shape index (κ1) is 22.0. The average molecular weight is 452 g/mol. The molecule has 32 heavy (non-hydrogen) atoms. The lowest BCUT2D eigenvalue weighted by Gasteiger charge is -2.16. The van der Waals surface area contributed by atoms with E-state index in [9.17, 15) is 18.0 Å². The van der Waals surface area contributed by atoms with Crippen molar-refractivity contribution < 1.29 is 22.7 Å². The second kappa shape index (κ2) is 9.09. The van der Waals surface area contributed by atoms with Gasteiger partial charge in [-0.3, -0.25) is 4.79 Å². The molecule has 162 valence electrons. The molecule has 0 aliphatic carbocycles. The third-order valence-electron chi connectivity index (χ3n) is 5.25. The summed E-state index contributed by atoms with van der Waals surface area (Å²) < 4.78 is 45.8. The first-order valence-electron chi connectivity index (χ1n) is 9.87. The molecule has 0 unspecified atom stereocenters. The van der Waals surface area contributed by atoms with Gasteiger partial charge in [-0.05, 0) is 76.3 Å². The zero-order valence-electron chi connectivity index (χ0n) is 17.4. The van der Waals surface area contributed by atoms with Gasteiger partial charge in [0.1, 0.15) is 17.5 Å². The normalized spacial score (nSPS) is 11.0. The molecule has 0 bridgehead atoms. The molecule has 0 spiro atoms. The summed E-state index contributed by atoms with van der Waals surface area (Å²) in [6.45, 7) is 1.90. The van der Waals surface area contributed by atoms with Crippen molar-refractivity contribution >= 4 is 28.5 Å². The van der Waals surface area contributed by atoms with Gasteiger partial charge in [0.05, 0.1) is 13.5 Å². The Morgan fingerprint density at radius 3 is 2.19 bits per heavy atom. The van der Waals surface area contributed by atoms with Gasteiger partial charge in [0.15, 0.2) is 0 Å². The molecule has 0 saturated carbocycles. The van der Waals surface area contributed by atoms with E-state index in [1.165, 1.54) is 43.1 Å². The highest BCUT2D eigenvalue weighted by atomic mass is 32.2. The van der Waals surface area contributed by atoms with E-state index in [0.717, 1.165) is 44.0 Å². The van der Waals surface area contributed by atoms with Crippen LogP contribution in [-0.4, -0.2) is 13.1 Å². The quantitative estimate of drug-likeness (QED) is 0.302. The fraction of sp³-hybridized carbons (Fsp3) is 0.115. The van der Waals surface area contributed by atoms with E-state index in [4.69, 9.17) is 4.74 Å². The number of halogens is 3. The standard InChI is InChI=1S/C26H19F3O2S/c1-15-18(10-25(30)31-2)9-17-3-6-19(27)14-24(17)26(15)16-4-7-22(8-5-16)32-23-12-20(28)11-21(29)13-23/h3-9,11-14H,10H2,1-2H3. The van der Waals surface area contributed by atoms with E-state index in [-0.39, 0.29) is 18.2 Å². The molecule has 4 aromatic carbocycles. The number of benzene rings is 4. The minimum absolute atomic E-state index is 0.113.